The molecule has 1 heterocycles. The average molecular weight is 349 g/mol. The van der Waals surface area contributed by atoms with Gasteiger partial charge in [-0.25, -0.2) is 9.37 Å². The summed E-state index contributed by atoms with van der Waals surface area (Å²) < 4.78 is 13.2. The summed E-state index contributed by atoms with van der Waals surface area (Å²) in [5.41, 5.74) is 3.13. The van der Waals surface area contributed by atoms with Gasteiger partial charge >= 0.3 is 0 Å². The van der Waals surface area contributed by atoms with E-state index in [1.807, 2.05) is 37.3 Å². The molecule has 0 unspecified atom stereocenters. The molecule has 0 aliphatic heterocycles. The zero-order chi connectivity index (χ0) is 18.1. The van der Waals surface area contributed by atoms with Crippen molar-refractivity contribution in [2.45, 2.75) is 31.7 Å². The molecular weight excluding hydrogens is 329 g/mol. The number of benzene rings is 2. The van der Waals surface area contributed by atoms with Crippen LogP contribution in [0.1, 0.15) is 53.5 Å². The molecule has 4 rings (SSSR count). The molecule has 0 saturated heterocycles. The molecule has 4 nitrogen and oxygen atoms in total. The number of nitrogens with one attached hydrogen (secondary N) is 2. The van der Waals surface area contributed by atoms with E-state index in [1.165, 1.54) is 12.1 Å². The van der Waals surface area contributed by atoms with Gasteiger partial charge in [0.05, 0.1) is 11.7 Å². The maximum atomic E-state index is 13.2. The lowest BCUT2D eigenvalue weighted by Crippen LogP contribution is -2.27. The van der Waals surface area contributed by atoms with Gasteiger partial charge < -0.3 is 10.3 Å². The second kappa shape index (κ2) is 6.75. The number of aromatic nitrogens is 2. The largest absolute Gasteiger partial charge is 0.344 e. The summed E-state index contributed by atoms with van der Waals surface area (Å²) in [5.74, 6) is 0.471. The highest BCUT2D eigenvalue weighted by Gasteiger charge is 2.32. The monoisotopic (exact) mass is 349 g/mol. The molecule has 1 aliphatic carbocycles. The van der Waals surface area contributed by atoms with Crippen molar-refractivity contribution in [3.05, 3.63) is 77.4 Å². The molecule has 26 heavy (non-hydrogen) atoms. The van der Waals surface area contributed by atoms with Crippen molar-refractivity contribution in [3.8, 4) is 11.4 Å². The number of imidazole rings is 1. The van der Waals surface area contributed by atoms with Crippen molar-refractivity contribution < 1.29 is 9.18 Å². The molecule has 0 radical (unpaired) electrons. The van der Waals surface area contributed by atoms with Crippen molar-refractivity contribution in [2.24, 2.45) is 0 Å². The molecular formula is C21H20FN3O. The Morgan fingerprint density at radius 3 is 2.50 bits per heavy atom. The zero-order valence-corrected chi connectivity index (χ0v) is 14.5. The number of halogens is 1. The first-order chi connectivity index (χ1) is 12.6. The van der Waals surface area contributed by atoms with Gasteiger partial charge in [-0.15, -0.1) is 0 Å². The molecule has 0 spiro atoms. The number of carbonyl (C=O) groups is 1. The standard InChI is InChI=1S/C21H20FN3O/c1-13(14-5-3-2-4-6-14)23-21(26)19-18(15-7-8-15)24-20(25-19)16-9-11-17(22)12-10-16/h2-6,9-13,15H,7-8H2,1H3,(H,23,26)(H,24,25)/t13-/m0/s1. The van der Waals surface area contributed by atoms with E-state index in [4.69, 9.17) is 0 Å². The molecule has 2 aromatic carbocycles. The lowest BCUT2D eigenvalue weighted by molar-refractivity contribution is 0.0934. The van der Waals surface area contributed by atoms with Crippen LogP contribution in [0.25, 0.3) is 11.4 Å². The summed E-state index contributed by atoms with van der Waals surface area (Å²) in [6.07, 6.45) is 2.11. The topological polar surface area (TPSA) is 57.8 Å². The number of carbonyl (C=O) groups excluding carboxylic acids is 1. The fourth-order valence-electron chi connectivity index (χ4n) is 3.06. The van der Waals surface area contributed by atoms with Crippen LogP contribution in [0.2, 0.25) is 0 Å². The summed E-state index contributed by atoms with van der Waals surface area (Å²) in [4.78, 5) is 20.6. The maximum Gasteiger partial charge on any atom is 0.272 e. The van der Waals surface area contributed by atoms with E-state index in [-0.39, 0.29) is 17.8 Å². The van der Waals surface area contributed by atoms with Crippen molar-refractivity contribution >= 4 is 5.91 Å². The van der Waals surface area contributed by atoms with Crippen LogP contribution in [-0.4, -0.2) is 15.9 Å². The van der Waals surface area contributed by atoms with Crippen LogP contribution in [0.15, 0.2) is 54.6 Å². The van der Waals surface area contributed by atoms with Crippen LogP contribution < -0.4 is 5.32 Å². The summed E-state index contributed by atoms with van der Waals surface area (Å²) in [7, 11) is 0. The van der Waals surface area contributed by atoms with Crippen LogP contribution in [0.5, 0.6) is 0 Å². The van der Waals surface area contributed by atoms with E-state index in [1.54, 1.807) is 12.1 Å². The normalized spacial score (nSPS) is 14.8. The highest BCUT2D eigenvalue weighted by atomic mass is 19.1. The van der Waals surface area contributed by atoms with Gasteiger partial charge in [-0.05, 0) is 49.6 Å². The third-order valence-corrected chi connectivity index (χ3v) is 4.70. The van der Waals surface area contributed by atoms with Crippen LogP contribution in [0.3, 0.4) is 0 Å². The van der Waals surface area contributed by atoms with Gasteiger partial charge in [-0.3, -0.25) is 4.79 Å². The lowest BCUT2D eigenvalue weighted by Gasteiger charge is -2.13. The minimum atomic E-state index is -0.294. The molecule has 1 saturated carbocycles. The molecule has 132 valence electrons. The molecule has 3 aromatic rings. The third kappa shape index (κ3) is 3.38. The summed E-state index contributed by atoms with van der Waals surface area (Å²) in [6, 6.07) is 15.8. The zero-order valence-electron chi connectivity index (χ0n) is 14.5. The molecule has 1 atom stereocenters. The Kier molecular flexibility index (Phi) is 4.29. The SMILES string of the molecule is C[C@H](NC(=O)c1nc(-c2ccc(F)cc2)[nH]c1C1CC1)c1ccccc1. The number of H-pyrrole nitrogens is 1. The number of aromatic amines is 1. The molecule has 1 aromatic heterocycles. The Labute approximate surface area is 151 Å². The first-order valence-electron chi connectivity index (χ1n) is 8.83. The highest BCUT2D eigenvalue weighted by Crippen LogP contribution is 2.41. The molecule has 1 aliphatic rings. The molecule has 1 amide bonds. The Balaban J connectivity index is 1.60. The Hall–Kier alpha value is -2.95. The predicted octanol–water partition coefficient (Wildman–Crippen LogP) is 4.58. The Morgan fingerprint density at radius 1 is 1.15 bits per heavy atom. The summed E-state index contributed by atoms with van der Waals surface area (Å²) in [5, 5.41) is 3.03. The smallest absolute Gasteiger partial charge is 0.272 e. The van der Waals surface area contributed by atoms with Gasteiger partial charge in [0.25, 0.3) is 5.91 Å². The van der Waals surface area contributed by atoms with E-state index >= 15 is 0 Å². The number of amides is 1. The maximum absolute atomic E-state index is 13.2. The number of rotatable bonds is 5. The van der Waals surface area contributed by atoms with Gasteiger partial charge in [0.1, 0.15) is 17.3 Å². The van der Waals surface area contributed by atoms with E-state index in [0.717, 1.165) is 29.7 Å². The second-order valence-corrected chi connectivity index (χ2v) is 6.73. The Bertz CT molecular complexity index is 914. The molecule has 1 fully saturated rings. The van der Waals surface area contributed by atoms with Gasteiger partial charge in [-0.2, -0.15) is 0 Å². The van der Waals surface area contributed by atoms with Crippen LogP contribution in [0.4, 0.5) is 4.39 Å². The van der Waals surface area contributed by atoms with Gasteiger partial charge in [0.15, 0.2) is 0 Å². The number of hydrogen-bond acceptors (Lipinski definition) is 2. The van der Waals surface area contributed by atoms with E-state index in [9.17, 15) is 9.18 Å². The quantitative estimate of drug-likeness (QED) is 0.708. The van der Waals surface area contributed by atoms with Gasteiger partial charge in [-0.1, -0.05) is 30.3 Å². The molecule has 5 heteroatoms. The van der Waals surface area contributed by atoms with Crippen molar-refractivity contribution in [1.82, 2.24) is 15.3 Å². The Morgan fingerprint density at radius 2 is 1.85 bits per heavy atom. The van der Waals surface area contributed by atoms with Crippen LogP contribution >= 0.6 is 0 Å². The predicted molar refractivity (Wildman–Crippen MR) is 98.3 cm³/mol. The van der Waals surface area contributed by atoms with Crippen molar-refractivity contribution in [1.29, 1.82) is 0 Å². The van der Waals surface area contributed by atoms with Crippen LogP contribution in [-0.2, 0) is 0 Å². The van der Waals surface area contributed by atoms with Crippen molar-refractivity contribution in [2.75, 3.05) is 0 Å². The second-order valence-electron chi connectivity index (χ2n) is 6.73. The van der Waals surface area contributed by atoms with Crippen molar-refractivity contribution in [3.63, 3.8) is 0 Å². The van der Waals surface area contributed by atoms with Gasteiger partial charge in [0, 0.05) is 11.5 Å². The summed E-state index contributed by atoms with van der Waals surface area (Å²) in [6.45, 7) is 1.96. The fraction of sp³-hybridized carbons (Fsp3) is 0.238. The average Bonchev–Trinajstić information content (AvgIpc) is 3.41. The van der Waals surface area contributed by atoms with E-state index < -0.39 is 0 Å². The highest BCUT2D eigenvalue weighted by molar-refractivity contribution is 5.94. The first kappa shape index (κ1) is 16.5. The molecule has 0 bridgehead atoms. The first-order valence-corrected chi connectivity index (χ1v) is 8.83. The minimum absolute atomic E-state index is 0.110. The minimum Gasteiger partial charge on any atom is -0.344 e. The van der Waals surface area contributed by atoms with E-state index in [2.05, 4.69) is 15.3 Å². The molecule has 2 N–H and O–H groups in total. The lowest BCUT2D eigenvalue weighted by atomic mass is 10.1. The number of nitrogens with zero attached hydrogens (tertiary/aromatic N) is 1. The van der Waals surface area contributed by atoms with Crippen LogP contribution in [0, 0.1) is 5.82 Å². The number of hydrogen-bond donors (Lipinski definition) is 2. The summed E-state index contributed by atoms with van der Waals surface area (Å²) >= 11 is 0. The van der Waals surface area contributed by atoms with E-state index in [0.29, 0.717) is 17.4 Å². The van der Waals surface area contributed by atoms with Gasteiger partial charge in [0.2, 0.25) is 0 Å². The fourth-order valence-corrected chi connectivity index (χ4v) is 3.06. The third-order valence-electron chi connectivity index (χ3n) is 4.70.